The Balaban J connectivity index is 3.53. The average molecular weight is 234 g/mol. The van der Waals surface area contributed by atoms with Crippen LogP contribution in [0.4, 0.5) is 0 Å². The molecule has 0 aliphatic rings. The van der Waals surface area contributed by atoms with Crippen molar-refractivity contribution in [3.8, 4) is 0 Å². The molecule has 0 spiro atoms. The first-order valence-corrected chi connectivity index (χ1v) is 5.43. The first-order valence-electron chi connectivity index (χ1n) is 4.38. The Morgan fingerprint density at radius 2 is 1.87 bits per heavy atom. The molecule has 0 aromatic carbocycles. The van der Waals surface area contributed by atoms with Crippen LogP contribution in [-0.2, 0) is 14.4 Å². The lowest BCUT2D eigenvalue weighted by Crippen LogP contribution is -2.29. The summed E-state index contributed by atoms with van der Waals surface area (Å²) in [4.78, 5) is 32.1. The molecule has 6 nitrogen and oxygen atoms in total. The van der Waals surface area contributed by atoms with E-state index in [1.54, 1.807) is 0 Å². The number of hydrogen-bond donors (Lipinski definition) is 3. The summed E-state index contributed by atoms with van der Waals surface area (Å²) in [6.07, 6.45) is 0.00197. The quantitative estimate of drug-likeness (QED) is 0.490. The summed E-state index contributed by atoms with van der Waals surface area (Å²) in [5, 5.41) is 15.8. The summed E-state index contributed by atoms with van der Waals surface area (Å²) in [7, 11) is 0. The van der Waals surface area contributed by atoms with Crippen molar-refractivity contribution < 1.29 is 19.5 Å². The van der Waals surface area contributed by atoms with E-state index in [4.69, 9.17) is 10.2 Å². The van der Waals surface area contributed by atoms with Crippen molar-refractivity contribution in [2.45, 2.75) is 19.3 Å². The van der Waals surface area contributed by atoms with Gasteiger partial charge in [-0.05, 0) is 0 Å². The molecule has 0 saturated heterocycles. The fourth-order valence-electron chi connectivity index (χ4n) is 0.772. The maximum Gasteiger partial charge on any atom is 0.303 e. The molecule has 86 valence electrons. The molecular formula is C8H14N2O4S. The van der Waals surface area contributed by atoms with Gasteiger partial charge in [0.1, 0.15) is 0 Å². The first-order chi connectivity index (χ1) is 7.06. The fraction of sp³-hybridized carbons (Fsp3) is 0.625. The smallest absolute Gasteiger partial charge is 0.303 e. The number of carbonyl (C=O) groups excluding carboxylic acids is 2. The lowest BCUT2D eigenvalue weighted by Gasteiger charge is -2.02. The highest BCUT2D eigenvalue weighted by Gasteiger charge is 2.07. The fourth-order valence-corrected chi connectivity index (χ4v) is 1.08. The number of carboxylic acids is 1. The van der Waals surface area contributed by atoms with Crippen molar-refractivity contribution in [3.63, 3.8) is 0 Å². The van der Waals surface area contributed by atoms with E-state index in [9.17, 15) is 14.4 Å². The Bertz CT molecular complexity index is 245. The second kappa shape index (κ2) is 8.25. The average Bonchev–Trinajstić information content (AvgIpc) is 2.20. The van der Waals surface area contributed by atoms with Crippen molar-refractivity contribution in [3.05, 3.63) is 0 Å². The highest BCUT2D eigenvalue weighted by atomic mass is 32.2. The molecule has 15 heavy (non-hydrogen) atoms. The summed E-state index contributed by atoms with van der Waals surface area (Å²) < 4.78 is 0. The normalized spacial score (nSPS) is 9.67. The van der Waals surface area contributed by atoms with Gasteiger partial charge in [-0.2, -0.15) is 0 Å². The van der Waals surface area contributed by atoms with Crippen LogP contribution in [0.15, 0.2) is 0 Å². The number of ketones is 1. The molecule has 0 unspecified atom stereocenters. The molecular weight excluding hydrogens is 220 g/mol. The second-order valence-electron chi connectivity index (χ2n) is 2.83. The summed E-state index contributed by atoms with van der Waals surface area (Å²) in [5.41, 5.74) is 0. The zero-order chi connectivity index (χ0) is 11.7. The zero-order valence-electron chi connectivity index (χ0n) is 8.19. The van der Waals surface area contributed by atoms with Gasteiger partial charge in [0.15, 0.2) is 5.78 Å². The van der Waals surface area contributed by atoms with E-state index in [0.29, 0.717) is 5.75 Å². The standard InChI is InChI=1S/C8H14N2O4S/c9-15-4-3-7(12)10-5-6(11)1-2-8(13)14/h1-5,9H2,(H,10,12)(H,13,14). The van der Waals surface area contributed by atoms with E-state index in [0.717, 1.165) is 11.9 Å². The number of carboxylic acid groups (broad SMARTS) is 1. The number of amides is 1. The molecule has 0 bridgehead atoms. The van der Waals surface area contributed by atoms with E-state index < -0.39 is 5.97 Å². The molecule has 1 amide bonds. The van der Waals surface area contributed by atoms with E-state index in [1.165, 1.54) is 0 Å². The van der Waals surface area contributed by atoms with E-state index in [1.807, 2.05) is 0 Å². The summed E-state index contributed by atoms with van der Waals surface area (Å²) in [6, 6.07) is 0. The van der Waals surface area contributed by atoms with Gasteiger partial charge in [-0.15, -0.1) is 0 Å². The maximum absolute atomic E-state index is 11.0. The second-order valence-corrected chi connectivity index (χ2v) is 3.57. The summed E-state index contributed by atoms with van der Waals surface area (Å²) in [5.74, 6) is -1.06. The SMILES string of the molecule is NSCCC(=O)NCC(=O)CCC(=O)O. The largest absolute Gasteiger partial charge is 0.481 e. The van der Waals surface area contributed by atoms with Crippen LogP contribution in [-0.4, -0.2) is 35.1 Å². The zero-order valence-corrected chi connectivity index (χ0v) is 9.01. The number of hydrogen-bond acceptors (Lipinski definition) is 5. The molecule has 7 heteroatoms. The van der Waals surface area contributed by atoms with Crippen LogP contribution in [0.1, 0.15) is 19.3 Å². The third kappa shape index (κ3) is 9.23. The highest BCUT2D eigenvalue weighted by Crippen LogP contribution is 1.92. The predicted octanol–water partition coefficient (Wildman–Crippen LogP) is -0.467. The van der Waals surface area contributed by atoms with Gasteiger partial charge >= 0.3 is 5.97 Å². The molecule has 0 aliphatic heterocycles. The molecule has 4 N–H and O–H groups in total. The minimum Gasteiger partial charge on any atom is -0.481 e. The van der Waals surface area contributed by atoms with Crippen molar-refractivity contribution >= 4 is 29.6 Å². The van der Waals surface area contributed by atoms with Gasteiger partial charge in [0.25, 0.3) is 0 Å². The van der Waals surface area contributed by atoms with Gasteiger partial charge in [0.05, 0.1) is 13.0 Å². The lowest BCUT2D eigenvalue weighted by molar-refractivity contribution is -0.138. The van der Waals surface area contributed by atoms with Crippen molar-refractivity contribution in [2.24, 2.45) is 5.14 Å². The van der Waals surface area contributed by atoms with Crippen LogP contribution in [0, 0.1) is 0 Å². The first kappa shape index (κ1) is 13.9. The lowest BCUT2D eigenvalue weighted by atomic mass is 10.2. The minimum absolute atomic E-state index is 0.0543. The Labute approximate surface area is 91.7 Å². The van der Waals surface area contributed by atoms with Crippen molar-refractivity contribution in [1.29, 1.82) is 0 Å². The number of aliphatic carboxylic acids is 1. The molecule has 0 fully saturated rings. The third-order valence-electron chi connectivity index (χ3n) is 1.55. The van der Waals surface area contributed by atoms with Gasteiger partial charge < -0.3 is 10.4 Å². The molecule has 0 aliphatic carbocycles. The topological polar surface area (TPSA) is 109 Å². The van der Waals surface area contributed by atoms with Crippen molar-refractivity contribution in [1.82, 2.24) is 5.32 Å². The summed E-state index contributed by atoms with van der Waals surface area (Å²) >= 11 is 1.05. The van der Waals surface area contributed by atoms with E-state index in [2.05, 4.69) is 5.32 Å². The Morgan fingerprint density at radius 3 is 2.40 bits per heavy atom. The molecule has 0 aromatic heterocycles. The number of Topliss-reactive ketones (excluding diaryl/α,β-unsaturated/α-hetero) is 1. The number of nitrogens with one attached hydrogen (secondary N) is 1. The van der Waals surface area contributed by atoms with Gasteiger partial charge in [0, 0.05) is 18.6 Å². The van der Waals surface area contributed by atoms with Crippen LogP contribution in [0.25, 0.3) is 0 Å². The van der Waals surface area contributed by atoms with Crippen molar-refractivity contribution in [2.75, 3.05) is 12.3 Å². The van der Waals surface area contributed by atoms with E-state index in [-0.39, 0.29) is 37.5 Å². The summed E-state index contributed by atoms with van der Waals surface area (Å²) in [6.45, 7) is -0.110. The number of nitrogens with two attached hydrogens (primary N) is 1. The van der Waals surface area contributed by atoms with Crippen LogP contribution in [0.2, 0.25) is 0 Å². The monoisotopic (exact) mass is 234 g/mol. The van der Waals surface area contributed by atoms with E-state index >= 15 is 0 Å². The molecule has 0 saturated carbocycles. The van der Waals surface area contributed by atoms with Gasteiger partial charge in [-0.1, -0.05) is 11.9 Å². The number of carbonyl (C=O) groups is 3. The van der Waals surface area contributed by atoms with Crippen LogP contribution < -0.4 is 10.5 Å². The van der Waals surface area contributed by atoms with Gasteiger partial charge in [0.2, 0.25) is 5.91 Å². The molecule has 0 heterocycles. The molecule has 0 radical (unpaired) electrons. The molecule has 0 aromatic rings. The van der Waals surface area contributed by atoms with Crippen LogP contribution in [0.5, 0.6) is 0 Å². The Hall–Kier alpha value is -1.08. The molecule has 0 atom stereocenters. The van der Waals surface area contributed by atoms with Gasteiger partial charge in [-0.25, -0.2) is 0 Å². The van der Waals surface area contributed by atoms with Crippen LogP contribution >= 0.6 is 11.9 Å². The molecule has 0 rings (SSSR count). The Kier molecular flexibility index (Phi) is 7.65. The number of rotatable bonds is 8. The predicted molar refractivity (Wildman–Crippen MR) is 56.1 cm³/mol. The maximum atomic E-state index is 11.0. The van der Waals surface area contributed by atoms with Crippen LogP contribution in [0.3, 0.4) is 0 Å². The Morgan fingerprint density at radius 1 is 1.20 bits per heavy atom. The third-order valence-corrected chi connectivity index (χ3v) is 1.99. The minimum atomic E-state index is -1.02. The van der Waals surface area contributed by atoms with Gasteiger partial charge in [-0.3, -0.25) is 19.5 Å². The highest BCUT2D eigenvalue weighted by molar-refractivity contribution is 7.97.